The van der Waals surface area contributed by atoms with Crippen LogP contribution in [0.2, 0.25) is 0 Å². The second kappa shape index (κ2) is 14.8. The van der Waals surface area contributed by atoms with Crippen LogP contribution in [-0.2, 0) is 4.79 Å². The highest BCUT2D eigenvalue weighted by Crippen LogP contribution is 2.11. The van der Waals surface area contributed by atoms with E-state index >= 15 is 0 Å². The summed E-state index contributed by atoms with van der Waals surface area (Å²) >= 11 is 0. The predicted molar refractivity (Wildman–Crippen MR) is 82.3 cm³/mol. The molecular weight excluding hydrogens is 254 g/mol. The number of carbonyl (C=O) groups excluding carboxylic acids is 1. The highest BCUT2D eigenvalue weighted by Gasteiger charge is 2.03. The molecule has 0 atom stereocenters. The lowest BCUT2D eigenvalue weighted by molar-refractivity contribution is -0.123. The van der Waals surface area contributed by atoms with Crippen molar-refractivity contribution in [2.75, 3.05) is 6.54 Å². The first-order valence-corrected chi connectivity index (χ1v) is 8.29. The fraction of sp³-hybridized carbons (Fsp3) is 0.938. The SMILES string of the molecule is CCCCCCCCCCCCCC(=O)NCC(O)O. The number of hydrogen-bond acceptors (Lipinski definition) is 3. The van der Waals surface area contributed by atoms with Gasteiger partial charge in [-0.05, 0) is 6.42 Å². The fourth-order valence-electron chi connectivity index (χ4n) is 2.24. The fourth-order valence-corrected chi connectivity index (χ4v) is 2.24. The quantitative estimate of drug-likeness (QED) is 0.339. The Labute approximate surface area is 124 Å². The molecule has 0 rings (SSSR count). The molecule has 4 nitrogen and oxygen atoms in total. The van der Waals surface area contributed by atoms with Crippen molar-refractivity contribution in [1.29, 1.82) is 0 Å². The zero-order chi connectivity index (χ0) is 15.1. The highest BCUT2D eigenvalue weighted by molar-refractivity contribution is 5.75. The molecule has 0 aliphatic heterocycles. The summed E-state index contributed by atoms with van der Waals surface area (Å²) in [6.45, 7) is 2.17. The van der Waals surface area contributed by atoms with Crippen LogP contribution in [0.25, 0.3) is 0 Å². The van der Waals surface area contributed by atoms with Crippen molar-refractivity contribution in [1.82, 2.24) is 5.32 Å². The molecule has 0 unspecified atom stereocenters. The van der Waals surface area contributed by atoms with Gasteiger partial charge in [0.25, 0.3) is 0 Å². The van der Waals surface area contributed by atoms with Gasteiger partial charge >= 0.3 is 0 Å². The van der Waals surface area contributed by atoms with E-state index in [1.54, 1.807) is 0 Å². The molecule has 0 saturated carbocycles. The highest BCUT2D eigenvalue weighted by atomic mass is 16.5. The van der Waals surface area contributed by atoms with E-state index in [2.05, 4.69) is 12.2 Å². The predicted octanol–water partition coefficient (Wildman–Crippen LogP) is 3.11. The van der Waals surface area contributed by atoms with Gasteiger partial charge in [-0.3, -0.25) is 4.79 Å². The third-order valence-electron chi connectivity index (χ3n) is 3.49. The summed E-state index contributed by atoms with van der Waals surface area (Å²) in [7, 11) is 0. The number of nitrogens with one attached hydrogen (secondary N) is 1. The molecule has 0 bridgehead atoms. The van der Waals surface area contributed by atoms with Gasteiger partial charge in [0.15, 0.2) is 6.29 Å². The Morgan fingerprint density at radius 3 is 1.75 bits per heavy atom. The van der Waals surface area contributed by atoms with E-state index in [1.165, 1.54) is 57.8 Å². The topological polar surface area (TPSA) is 69.6 Å². The van der Waals surface area contributed by atoms with Crippen LogP contribution in [0.15, 0.2) is 0 Å². The first-order chi connectivity index (χ1) is 9.66. The Kier molecular flexibility index (Phi) is 14.3. The summed E-state index contributed by atoms with van der Waals surface area (Å²) in [6, 6.07) is 0. The molecule has 0 aliphatic carbocycles. The van der Waals surface area contributed by atoms with E-state index in [-0.39, 0.29) is 12.5 Å². The molecule has 0 aromatic carbocycles. The normalized spacial score (nSPS) is 11.0. The molecule has 0 spiro atoms. The lowest BCUT2D eigenvalue weighted by Gasteiger charge is -2.06. The number of carbonyl (C=O) groups is 1. The van der Waals surface area contributed by atoms with Gasteiger partial charge in [0, 0.05) is 6.42 Å². The molecule has 0 aromatic heterocycles. The average molecular weight is 287 g/mol. The monoisotopic (exact) mass is 287 g/mol. The van der Waals surface area contributed by atoms with Crippen molar-refractivity contribution in [3.63, 3.8) is 0 Å². The van der Waals surface area contributed by atoms with Crippen LogP contribution in [0.5, 0.6) is 0 Å². The van der Waals surface area contributed by atoms with Crippen molar-refractivity contribution < 1.29 is 15.0 Å². The number of aliphatic hydroxyl groups excluding tert-OH is 1. The Balaban J connectivity index is 3.11. The van der Waals surface area contributed by atoms with Gasteiger partial charge in [-0.2, -0.15) is 0 Å². The summed E-state index contributed by atoms with van der Waals surface area (Å²) in [4.78, 5) is 11.3. The van der Waals surface area contributed by atoms with E-state index in [1.807, 2.05) is 0 Å². The lowest BCUT2D eigenvalue weighted by atomic mass is 10.1. The molecule has 0 saturated heterocycles. The first kappa shape index (κ1) is 19.4. The molecule has 120 valence electrons. The molecule has 0 heterocycles. The lowest BCUT2D eigenvalue weighted by Crippen LogP contribution is -2.31. The van der Waals surface area contributed by atoms with Gasteiger partial charge < -0.3 is 15.5 Å². The van der Waals surface area contributed by atoms with Crippen molar-refractivity contribution in [2.24, 2.45) is 0 Å². The number of unbranched alkanes of at least 4 members (excludes halogenated alkanes) is 10. The molecule has 0 radical (unpaired) electrons. The van der Waals surface area contributed by atoms with Crippen LogP contribution in [-0.4, -0.2) is 29.0 Å². The van der Waals surface area contributed by atoms with E-state index < -0.39 is 6.29 Å². The number of aliphatic hydroxyl groups is 2. The smallest absolute Gasteiger partial charge is 0.220 e. The molecule has 3 N–H and O–H groups in total. The Hall–Kier alpha value is -0.610. The van der Waals surface area contributed by atoms with Crippen LogP contribution in [0.4, 0.5) is 0 Å². The molecule has 0 aromatic rings. The summed E-state index contributed by atoms with van der Waals surface area (Å²) in [5, 5.41) is 19.7. The largest absolute Gasteiger partial charge is 0.367 e. The number of amides is 1. The van der Waals surface area contributed by atoms with Gasteiger partial charge in [-0.15, -0.1) is 0 Å². The Morgan fingerprint density at radius 2 is 1.30 bits per heavy atom. The second-order valence-corrected chi connectivity index (χ2v) is 5.57. The van der Waals surface area contributed by atoms with E-state index in [0.717, 1.165) is 12.8 Å². The summed E-state index contributed by atoms with van der Waals surface area (Å²) in [6.07, 6.45) is 13.0. The first-order valence-electron chi connectivity index (χ1n) is 8.29. The van der Waals surface area contributed by atoms with Gasteiger partial charge in [0.1, 0.15) is 0 Å². The zero-order valence-corrected chi connectivity index (χ0v) is 13.1. The van der Waals surface area contributed by atoms with Crippen LogP contribution in [0, 0.1) is 0 Å². The van der Waals surface area contributed by atoms with Crippen molar-refractivity contribution >= 4 is 5.91 Å². The minimum Gasteiger partial charge on any atom is -0.367 e. The molecule has 20 heavy (non-hydrogen) atoms. The average Bonchev–Trinajstić information content (AvgIpc) is 2.42. The van der Waals surface area contributed by atoms with Gasteiger partial charge in [0.2, 0.25) is 5.91 Å². The summed E-state index contributed by atoms with van der Waals surface area (Å²) in [5.41, 5.74) is 0. The maximum absolute atomic E-state index is 11.3. The summed E-state index contributed by atoms with van der Waals surface area (Å²) in [5.74, 6) is -0.0889. The standard InChI is InChI=1S/C16H33NO3/c1-2-3-4-5-6-7-8-9-10-11-12-13-15(18)17-14-16(19)20/h16,19-20H,2-14H2,1H3,(H,17,18). The minimum atomic E-state index is -1.45. The molecular formula is C16H33NO3. The third kappa shape index (κ3) is 15.4. The van der Waals surface area contributed by atoms with Crippen LogP contribution >= 0.6 is 0 Å². The van der Waals surface area contributed by atoms with Crippen LogP contribution in [0.1, 0.15) is 84.0 Å². The third-order valence-corrected chi connectivity index (χ3v) is 3.49. The Morgan fingerprint density at radius 1 is 0.850 bits per heavy atom. The summed E-state index contributed by atoms with van der Waals surface area (Å²) < 4.78 is 0. The molecule has 4 heteroatoms. The van der Waals surface area contributed by atoms with Crippen LogP contribution < -0.4 is 5.32 Å². The number of rotatable bonds is 14. The van der Waals surface area contributed by atoms with Crippen molar-refractivity contribution in [3.05, 3.63) is 0 Å². The zero-order valence-electron chi connectivity index (χ0n) is 13.1. The Bertz CT molecular complexity index is 220. The minimum absolute atomic E-state index is 0.0726. The van der Waals surface area contributed by atoms with E-state index in [0.29, 0.717) is 6.42 Å². The maximum atomic E-state index is 11.3. The van der Waals surface area contributed by atoms with Crippen molar-refractivity contribution in [3.8, 4) is 0 Å². The van der Waals surface area contributed by atoms with E-state index in [9.17, 15) is 4.79 Å². The second-order valence-electron chi connectivity index (χ2n) is 5.57. The van der Waals surface area contributed by atoms with Gasteiger partial charge in [-0.25, -0.2) is 0 Å². The van der Waals surface area contributed by atoms with Crippen molar-refractivity contribution in [2.45, 2.75) is 90.3 Å². The van der Waals surface area contributed by atoms with Crippen LogP contribution in [0.3, 0.4) is 0 Å². The molecule has 0 fully saturated rings. The molecule has 0 aliphatic rings. The number of hydrogen-bond donors (Lipinski definition) is 3. The maximum Gasteiger partial charge on any atom is 0.220 e. The van der Waals surface area contributed by atoms with Gasteiger partial charge in [-0.1, -0.05) is 71.1 Å². The van der Waals surface area contributed by atoms with E-state index in [4.69, 9.17) is 10.2 Å². The molecule has 1 amide bonds. The van der Waals surface area contributed by atoms with Gasteiger partial charge in [0.05, 0.1) is 6.54 Å².